The zero-order valence-electron chi connectivity index (χ0n) is 21.0. The quantitative estimate of drug-likeness (QED) is 0.500. The van der Waals surface area contributed by atoms with E-state index in [9.17, 15) is 9.59 Å². The Morgan fingerprint density at radius 2 is 2.00 bits per heavy atom. The van der Waals surface area contributed by atoms with Crippen molar-refractivity contribution in [3.8, 4) is 5.75 Å². The average Bonchev–Trinajstić information content (AvgIpc) is 3.49. The molecule has 0 aliphatic carbocycles. The van der Waals surface area contributed by atoms with Crippen LogP contribution in [0.1, 0.15) is 52.5 Å². The maximum Gasteiger partial charge on any atom is 0.407 e. The number of ether oxygens (including phenoxy) is 3. The third kappa shape index (κ3) is 5.84. The molecule has 3 aliphatic heterocycles. The fourth-order valence-electron chi connectivity index (χ4n) is 5.14. The van der Waals surface area contributed by atoms with E-state index in [4.69, 9.17) is 25.8 Å². The molecule has 2 saturated heterocycles. The van der Waals surface area contributed by atoms with E-state index in [1.165, 1.54) is 0 Å². The van der Waals surface area contributed by atoms with Gasteiger partial charge in [-0.1, -0.05) is 49.2 Å². The topological polar surface area (TPSA) is 89.2 Å². The monoisotopic (exact) mass is 502 g/mol. The van der Waals surface area contributed by atoms with Crippen molar-refractivity contribution < 1.29 is 23.8 Å². The number of halogens is 1. The Morgan fingerprint density at radius 3 is 2.74 bits per heavy atom. The number of fused-ring (bicyclic) bond motifs is 5. The summed E-state index contributed by atoms with van der Waals surface area (Å²) in [6.07, 6.45) is 7.75. The highest BCUT2D eigenvalue weighted by molar-refractivity contribution is 6.35. The van der Waals surface area contributed by atoms with Crippen LogP contribution in [0, 0.1) is 11.8 Å². The summed E-state index contributed by atoms with van der Waals surface area (Å²) in [7, 11) is 1.57. The molecule has 0 radical (unpaired) electrons. The van der Waals surface area contributed by atoms with Crippen LogP contribution in [0.25, 0.3) is 0 Å². The van der Waals surface area contributed by atoms with E-state index in [2.05, 4.69) is 43.6 Å². The lowest BCUT2D eigenvalue weighted by molar-refractivity contribution is -0.116. The summed E-state index contributed by atoms with van der Waals surface area (Å²) < 4.78 is 17.2. The number of benzene rings is 1. The van der Waals surface area contributed by atoms with Crippen LogP contribution in [0.2, 0.25) is 5.02 Å². The molecule has 1 aromatic carbocycles. The number of anilines is 1. The predicted molar refractivity (Wildman–Crippen MR) is 136 cm³/mol. The summed E-state index contributed by atoms with van der Waals surface area (Å²) in [5, 5.41) is 6.30. The van der Waals surface area contributed by atoms with Crippen LogP contribution in [-0.4, -0.2) is 43.0 Å². The Balaban J connectivity index is 1.63. The Bertz CT molecular complexity index is 1050. The molecule has 4 bridgehead atoms. The standard InChI is InChI=1S/C27H35ClN2O5/c1-15-7-6-8-16(2)19-14-21(34-26(32)30-19)17(3)25-27(4,35-25)10-9-23(31)29-20-12-18(11-15)13-22(33-5)24(20)28/h6-8,12-13,16-17,19,21,25H,9-11,14H2,1-5H3,(H,29,31)(H,30,32)/b8-6+,15-7+/t16-,17-,19?,21+,25+,27+/m1/s1. The molecule has 8 heteroatoms. The van der Waals surface area contributed by atoms with Gasteiger partial charge in [-0.25, -0.2) is 4.79 Å². The summed E-state index contributed by atoms with van der Waals surface area (Å²) in [6, 6.07) is 3.78. The molecule has 4 rings (SSSR count). The van der Waals surface area contributed by atoms with E-state index < -0.39 is 5.60 Å². The van der Waals surface area contributed by atoms with Crippen molar-refractivity contribution in [3.63, 3.8) is 0 Å². The zero-order chi connectivity index (χ0) is 25.3. The highest BCUT2D eigenvalue weighted by atomic mass is 35.5. The molecule has 6 atom stereocenters. The minimum atomic E-state index is -0.428. The van der Waals surface area contributed by atoms with Gasteiger partial charge in [-0.3, -0.25) is 4.79 Å². The largest absolute Gasteiger partial charge is 0.495 e. The van der Waals surface area contributed by atoms with Crippen LogP contribution in [0.15, 0.2) is 35.9 Å². The first-order valence-corrected chi connectivity index (χ1v) is 12.6. The van der Waals surface area contributed by atoms with Crippen LogP contribution in [0.5, 0.6) is 5.75 Å². The summed E-state index contributed by atoms with van der Waals surface area (Å²) in [4.78, 5) is 25.1. The Hall–Kier alpha value is -2.51. The summed E-state index contributed by atoms with van der Waals surface area (Å²) in [6.45, 7) is 8.23. The van der Waals surface area contributed by atoms with Crippen LogP contribution < -0.4 is 15.4 Å². The molecule has 1 aromatic rings. The summed E-state index contributed by atoms with van der Waals surface area (Å²) >= 11 is 6.50. The highest BCUT2D eigenvalue weighted by Gasteiger charge is 2.57. The number of nitrogens with one attached hydrogen (secondary N) is 2. The number of methoxy groups -OCH3 is 1. The van der Waals surface area contributed by atoms with Gasteiger partial charge in [0.1, 0.15) is 16.9 Å². The number of allylic oxidation sites excluding steroid dienone is 3. The Morgan fingerprint density at radius 1 is 1.23 bits per heavy atom. The van der Waals surface area contributed by atoms with Gasteiger partial charge in [-0.2, -0.15) is 0 Å². The number of epoxide rings is 1. The second kappa shape index (κ2) is 10.2. The van der Waals surface area contributed by atoms with Gasteiger partial charge in [0.15, 0.2) is 0 Å². The third-order valence-corrected chi connectivity index (χ3v) is 7.80. The molecule has 190 valence electrons. The fourth-order valence-corrected chi connectivity index (χ4v) is 5.38. The molecule has 2 N–H and O–H groups in total. The van der Waals surface area contributed by atoms with E-state index in [0.717, 1.165) is 11.1 Å². The first-order chi connectivity index (χ1) is 16.6. The van der Waals surface area contributed by atoms with Crippen LogP contribution >= 0.6 is 11.6 Å². The summed E-state index contributed by atoms with van der Waals surface area (Å²) in [5.74, 6) is 0.549. The van der Waals surface area contributed by atoms with Crippen molar-refractivity contribution >= 4 is 29.3 Å². The van der Waals surface area contributed by atoms with Crippen molar-refractivity contribution in [2.45, 2.75) is 77.2 Å². The van der Waals surface area contributed by atoms with Crippen molar-refractivity contribution in [2.75, 3.05) is 12.4 Å². The van der Waals surface area contributed by atoms with Gasteiger partial charge in [-0.15, -0.1) is 0 Å². The van der Waals surface area contributed by atoms with E-state index in [0.29, 0.717) is 35.7 Å². The molecule has 7 nitrogen and oxygen atoms in total. The first-order valence-electron chi connectivity index (χ1n) is 12.2. The molecule has 2 amide bonds. The van der Waals surface area contributed by atoms with Gasteiger partial charge in [0, 0.05) is 24.8 Å². The summed E-state index contributed by atoms with van der Waals surface area (Å²) in [5.41, 5.74) is 2.24. The Labute approximate surface area is 212 Å². The number of rotatable bonds is 1. The van der Waals surface area contributed by atoms with E-state index in [-0.39, 0.29) is 48.5 Å². The minimum Gasteiger partial charge on any atom is -0.495 e. The molecular formula is C27H35ClN2O5. The smallest absolute Gasteiger partial charge is 0.407 e. The van der Waals surface area contributed by atoms with Crippen molar-refractivity contribution in [1.29, 1.82) is 0 Å². The number of carbonyl (C=O) groups is 2. The van der Waals surface area contributed by atoms with Crippen molar-refractivity contribution in [2.24, 2.45) is 11.8 Å². The van der Waals surface area contributed by atoms with Gasteiger partial charge in [0.2, 0.25) is 5.91 Å². The number of hydrogen-bond acceptors (Lipinski definition) is 5. The van der Waals surface area contributed by atoms with Gasteiger partial charge in [0.05, 0.1) is 24.5 Å². The third-order valence-electron chi connectivity index (χ3n) is 7.41. The molecule has 0 aromatic heterocycles. The van der Waals surface area contributed by atoms with E-state index in [1.807, 2.05) is 25.1 Å². The van der Waals surface area contributed by atoms with Gasteiger partial charge >= 0.3 is 6.09 Å². The highest BCUT2D eigenvalue weighted by Crippen LogP contribution is 2.47. The molecule has 35 heavy (non-hydrogen) atoms. The zero-order valence-corrected chi connectivity index (χ0v) is 21.8. The molecular weight excluding hydrogens is 468 g/mol. The van der Waals surface area contributed by atoms with Crippen LogP contribution in [0.3, 0.4) is 0 Å². The second-order valence-electron chi connectivity index (χ2n) is 10.3. The lowest BCUT2D eigenvalue weighted by atomic mass is 9.84. The molecule has 2 fully saturated rings. The first kappa shape index (κ1) is 25.6. The maximum absolute atomic E-state index is 12.8. The lowest BCUT2D eigenvalue weighted by Gasteiger charge is -2.35. The van der Waals surface area contributed by atoms with Gasteiger partial charge in [-0.05, 0) is 50.3 Å². The second-order valence-corrected chi connectivity index (χ2v) is 10.7. The fraction of sp³-hybridized carbons (Fsp3) is 0.556. The molecule has 0 saturated carbocycles. The number of hydrogen-bond donors (Lipinski definition) is 2. The van der Waals surface area contributed by atoms with Gasteiger partial charge in [0.25, 0.3) is 0 Å². The molecule has 0 spiro atoms. The average molecular weight is 503 g/mol. The lowest BCUT2D eigenvalue weighted by Crippen LogP contribution is -2.50. The van der Waals surface area contributed by atoms with Crippen LogP contribution in [0.4, 0.5) is 10.5 Å². The Kier molecular flexibility index (Phi) is 7.48. The normalized spacial score (nSPS) is 35.9. The minimum absolute atomic E-state index is 0.0189. The molecule has 3 heterocycles. The SMILES string of the molecule is COc1cc2cc(c1Cl)NC(=O)CC[C@]1(C)O[C@H]1[C@H](C)[C@@H]1CC(NC(=O)O1)[C@H](C)/C=C/C=C(\C)C2. The predicted octanol–water partition coefficient (Wildman–Crippen LogP) is 5.42. The van der Waals surface area contributed by atoms with E-state index >= 15 is 0 Å². The number of amides is 2. The number of alkyl carbamates (subject to hydrolysis) is 1. The maximum atomic E-state index is 12.8. The van der Waals surface area contributed by atoms with Crippen LogP contribution in [-0.2, 0) is 20.7 Å². The van der Waals surface area contributed by atoms with Crippen molar-refractivity contribution in [1.82, 2.24) is 5.32 Å². The van der Waals surface area contributed by atoms with Crippen molar-refractivity contribution in [3.05, 3.63) is 46.5 Å². The van der Waals surface area contributed by atoms with E-state index in [1.54, 1.807) is 7.11 Å². The van der Waals surface area contributed by atoms with Gasteiger partial charge < -0.3 is 24.8 Å². The molecule has 1 unspecified atom stereocenters. The number of carbonyl (C=O) groups excluding carboxylic acids is 2. The molecule has 3 aliphatic rings.